The Hall–Kier alpha value is -3.28. The number of furan rings is 1. The highest BCUT2D eigenvalue weighted by Gasteiger charge is 2.44. The van der Waals surface area contributed by atoms with Crippen LogP contribution in [0.15, 0.2) is 71.1 Å². The minimum absolute atomic E-state index is 0.0178. The molecule has 140 valence electrons. The van der Waals surface area contributed by atoms with Gasteiger partial charge in [-0.05, 0) is 36.2 Å². The maximum absolute atomic E-state index is 12.9. The summed E-state index contributed by atoms with van der Waals surface area (Å²) in [5, 5.41) is 10.4. The summed E-state index contributed by atoms with van der Waals surface area (Å²) < 4.78 is 10.8. The third-order valence-corrected chi connectivity index (χ3v) is 4.30. The molecule has 1 atom stereocenters. The van der Waals surface area contributed by atoms with E-state index in [1.165, 1.54) is 17.2 Å². The zero-order chi connectivity index (χ0) is 19.4. The number of amides is 1. The van der Waals surface area contributed by atoms with E-state index in [4.69, 9.17) is 9.15 Å². The Kier molecular flexibility index (Phi) is 5.45. The minimum atomic E-state index is -0.706. The van der Waals surface area contributed by atoms with E-state index >= 15 is 0 Å². The van der Waals surface area contributed by atoms with Crippen molar-refractivity contribution in [1.29, 1.82) is 0 Å². The van der Waals surface area contributed by atoms with E-state index in [2.05, 4.69) is 6.58 Å². The van der Waals surface area contributed by atoms with Gasteiger partial charge in [0.2, 0.25) is 5.78 Å². The smallest absolute Gasteiger partial charge is 0.290 e. The van der Waals surface area contributed by atoms with E-state index in [1.807, 2.05) is 6.92 Å². The second kappa shape index (κ2) is 7.95. The molecule has 0 saturated carbocycles. The van der Waals surface area contributed by atoms with Crippen LogP contribution in [0, 0.1) is 0 Å². The van der Waals surface area contributed by atoms with Crippen molar-refractivity contribution < 1.29 is 23.8 Å². The Labute approximate surface area is 157 Å². The van der Waals surface area contributed by atoms with Gasteiger partial charge in [0.25, 0.3) is 5.91 Å². The van der Waals surface area contributed by atoms with Crippen LogP contribution in [-0.2, 0) is 4.79 Å². The van der Waals surface area contributed by atoms with Gasteiger partial charge in [-0.3, -0.25) is 9.59 Å². The van der Waals surface area contributed by atoms with Gasteiger partial charge in [0.15, 0.2) is 11.5 Å². The lowest BCUT2D eigenvalue weighted by Crippen LogP contribution is -2.31. The topological polar surface area (TPSA) is 80.0 Å². The molecule has 6 nitrogen and oxygen atoms in total. The van der Waals surface area contributed by atoms with Crippen LogP contribution in [-0.4, -0.2) is 34.8 Å². The normalized spacial score (nSPS) is 16.7. The zero-order valence-corrected chi connectivity index (χ0v) is 15.1. The van der Waals surface area contributed by atoms with Gasteiger partial charge in [-0.2, -0.15) is 0 Å². The molecule has 6 heteroatoms. The highest BCUT2D eigenvalue weighted by atomic mass is 16.5. The van der Waals surface area contributed by atoms with Crippen LogP contribution < -0.4 is 4.74 Å². The van der Waals surface area contributed by atoms with E-state index in [1.54, 1.807) is 36.4 Å². The number of benzene rings is 1. The fourth-order valence-electron chi connectivity index (χ4n) is 3.17. The summed E-state index contributed by atoms with van der Waals surface area (Å²) in [4.78, 5) is 27.0. The number of ether oxygens (including phenoxy) is 1. The summed E-state index contributed by atoms with van der Waals surface area (Å²) in [5.41, 5.74) is 0.696. The van der Waals surface area contributed by atoms with Crippen LogP contribution in [0.1, 0.15) is 35.5 Å². The van der Waals surface area contributed by atoms with Crippen molar-refractivity contribution in [3.05, 3.63) is 78.0 Å². The number of ketones is 1. The highest BCUT2D eigenvalue weighted by molar-refractivity contribution is 6.15. The first-order valence-corrected chi connectivity index (χ1v) is 8.74. The van der Waals surface area contributed by atoms with Gasteiger partial charge in [0.1, 0.15) is 12.4 Å². The third kappa shape index (κ3) is 3.51. The van der Waals surface area contributed by atoms with Gasteiger partial charge in [0, 0.05) is 6.54 Å². The molecule has 1 aromatic heterocycles. The lowest BCUT2D eigenvalue weighted by molar-refractivity contribution is -0.129. The quantitative estimate of drug-likeness (QED) is 0.566. The molecule has 0 radical (unpaired) electrons. The Balaban J connectivity index is 2.06. The number of carbonyl (C=O) groups excluding carboxylic acids is 2. The fraction of sp³-hybridized carbons (Fsp3) is 0.238. The first kappa shape index (κ1) is 18.5. The van der Waals surface area contributed by atoms with Crippen LogP contribution in [0.25, 0.3) is 0 Å². The maximum atomic E-state index is 12.9. The van der Waals surface area contributed by atoms with E-state index in [0.29, 0.717) is 30.9 Å². The molecule has 0 aliphatic carbocycles. The predicted molar refractivity (Wildman–Crippen MR) is 99.6 cm³/mol. The van der Waals surface area contributed by atoms with Gasteiger partial charge < -0.3 is 19.2 Å². The first-order chi connectivity index (χ1) is 13.1. The predicted octanol–water partition coefficient (Wildman–Crippen LogP) is 3.83. The van der Waals surface area contributed by atoms with Gasteiger partial charge >= 0.3 is 0 Å². The summed E-state index contributed by atoms with van der Waals surface area (Å²) >= 11 is 0. The molecule has 1 aliphatic rings. The summed E-state index contributed by atoms with van der Waals surface area (Å²) in [6.07, 6.45) is 3.70. The average Bonchev–Trinajstić information content (AvgIpc) is 3.29. The molecule has 1 aromatic carbocycles. The van der Waals surface area contributed by atoms with Crippen molar-refractivity contribution >= 4 is 11.7 Å². The molecule has 2 heterocycles. The molecule has 2 aromatic rings. The van der Waals surface area contributed by atoms with Crippen molar-refractivity contribution in [1.82, 2.24) is 4.90 Å². The van der Waals surface area contributed by atoms with Crippen molar-refractivity contribution in [3.8, 4) is 5.75 Å². The molecule has 1 aliphatic heterocycles. The van der Waals surface area contributed by atoms with E-state index < -0.39 is 23.5 Å². The largest absolute Gasteiger partial charge is 0.503 e. The molecule has 27 heavy (non-hydrogen) atoms. The highest BCUT2D eigenvalue weighted by Crippen LogP contribution is 2.39. The van der Waals surface area contributed by atoms with E-state index in [-0.39, 0.29) is 11.3 Å². The molecule has 1 N–H and O–H groups in total. The molecule has 3 rings (SSSR count). The molecule has 1 unspecified atom stereocenters. The lowest BCUT2D eigenvalue weighted by atomic mass is 9.95. The summed E-state index contributed by atoms with van der Waals surface area (Å²) in [7, 11) is 0. The number of carbonyl (C=O) groups is 2. The molecular formula is C21H21NO5. The van der Waals surface area contributed by atoms with Gasteiger partial charge in [-0.1, -0.05) is 31.7 Å². The molecule has 1 amide bonds. The fourth-order valence-corrected chi connectivity index (χ4v) is 3.17. The zero-order valence-electron chi connectivity index (χ0n) is 15.1. The van der Waals surface area contributed by atoms with E-state index in [9.17, 15) is 14.7 Å². The summed E-state index contributed by atoms with van der Waals surface area (Å²) in [6.45, 7) is 6.29. The Bertz CT molecular complexity index is 882. The van der Waals surface area contributed by atoms with Crippen molar-refractivity contribution in [2.75, 3.05) is 13.2 Å². The number of aliphatic hydroxyl groups is 1. The third-order valence-electron chi connectivity index (χ3n) is 4.30. The number of Topliss-reactive ketones (excluding diaryl/α,β-unsaturated/α-hetero) is 1. The number of nitrogens with zero attached hydrogens (tertiary/aromatic N) is 1. The lowest BCUT2D eigenvalue weighted by Gasteiger charge is -2.26. The van der Waals surface area contributed by atoms with Crippen molar-refractivity contribution in [3.63, 3.8) is 0 Å². The van der Waals surface area contributed by atoms with E-state index in [0.717, 1.165) is 0 Å². The van der Waals surface area contributed by atoms with Crippen LogP contribution >= 0.6 is 0 Å². The van der Waals surface area contributed by atoms with Crippen LogP contribution in [0.2, 0.25) is 0 Å². The Morgan fingerprint density at radius 2 is 2.19 bits per heavy atom. The second-order valence-electron chi connectivity index (χ2n) is 6.14. The SMILES string of the molecule is C=CCOc1cccc(C2C(C(=O)c3ccco3)=C(O)C(=O)N2CCC)c1. The summed E-state index contributed by atoms with van der Waals surface area (Å²) in [5.74, 6) is -0.937. The summed E-state index contributed by atoms with van der Waals surface area (Å²) in [6, 6.07) is 9.52. The van der Waals surface area contributed by atoms with Crippen molar-refractivity contribution in [2.24, 2.45) is 0 Å². The first-order valence-electron chi connectivity index (χ1n) is 8.74. The van der Waals surface area contributed by atoms with Gasteiger partial charge in [-0.15, -0.1) is 0 Å². The Morgan fingerprint density at radius 3 is 2.85 bits per heavy atom. The van der Waals surface area contributed by atoms with Gasteiger partial charge in [-0.25, -0.2) is 0 Å². The van der Waals surface area contributed by atoms with Crippen LogP contribution in [0.3, 0.4) is 0 Å². The molecule has 0 fully saturated rings. The van der Waals surface area contributed by atoms with Gasteiger partial charge in [0.05, 0.1) is 17.9 Å². The standard InChI is InChI=1S/C21H21NO5/c1-3-10-22-18(14-7-5-8-15(13-14)26-11-4-2)17(20(24)21(22)25)19(23)16-9-6-12-27-16/h4-9,12-13,18,24H,2-3,10-11H2,1H3. The number of rotatable bonds is 8. The molecule has 0 spiro atoms. The number of aliphatic hydroxyl groups excluding tert-OH is 1. The Morgan fingerprint density at radius 1 is 1.37 bits per heavy atom. The molecular weight excluding hydrogens is 346 g/mol. The monoisotopic (exact) mass is 367 g/mol. The number of hydrogen-bond acceptors (Lipinski definition) is 5. The average molecular weight is 367 g/mol. The second-order valence-corrected chi connectivity index (χ2v) is 6.14. The van der Waals surface area contributed by atoms with Crippen molar-refractivity contribution in [2.45, 2.75) is 19.4 Å². The molecule has 0 saturated heterocycles. The maximum Gasteiger partial charge on any atom is 0.290 e. The minimum Gasteiger partial charge on any atom is -0.503 e. The molecule has 0 bridgehead atoms. The van der Waals surface area contributed by atoms with Crippen LogP contribution in [0.4, 0.5) is 0 Å². The number of hydrogen-bond donors (Lipinski definition) is 1. The van der Waals surface area contributed by atoms with Crippen LogP contribution in [0.5, 0.6) is 5.75 Å².